The molecule has 0 unspecified atom stereocenters. The Morgan fingerprint density at radius 1 is 1.35 bits per heavy atom. The molecule has 1 aliphatic heterocycles. The van der Waals surface area contributed by atoms with Crippen molar-refractivity contribution < 1.29 is 9.47 Å². The van der Waals surface area contributed by atoms with Crippen LogP contribution in [0.1, 0.15) is 25.8 Å². The smallest absolute Gasteiger partial charge is 0.188 e. The number of rotatable bonds is 9. The summed E-state index contributed by atoms with van der Waals surface area (Å²) in [4.78, 5) is 6.83. The molecule has 148 valence electrons. The molecule has 0 atom stereocenters. The van der Waals surface area contributed by atoms with E-state index in [4.69, 9.17) is 15.2 Å². The fourth-order valence-electron chi connectivity index (χ4n) is 2.57. The lowest BCUT2D eigenvalue weighted by Crippen LogP contribution is -2.39. The van der Waals surface area contributed by atoms with E-state index >= 15 is 0 Å². The third-order valence-corrected chi connectivity index (χ3v) is 3.97. The Kier molecular flexibility index (Phi) is 11.6. The van der Waals surface area contributed by atoms with Gasteiger partial charge in [-0.1, -0.05) is 26.0 Å². The summed E-state index contributed by atoms with van der Waals surface area (Å²) in [5, 5.41) is 3.19. The minimum absolute atomic E-state index is 0. The van der Waals surface area contributed by atoms with Crippen LogP contribution in [-0.4, -0.2) is 56.9 Å². The first-order chi connectivity index (χ1) is 12.1. The van der Waals surface area contributed by atoms with Crippen molar-refractivity contribution in [1.82, 2.24) is 10.2 Å². The van der Waals surface area contributed by atoms with E-state index in [-0.39, 0.29) is 24.0 Å². The predicted octanol–water partition coefficient (Wildman–Crippen LogP) is 2.47. The molecule has 0 bridgehead atoms. The number of aliphatic imine (C=N–C) groups is 1. The van der Waals surface area contributed by atoms with Gasteiger partial charge in [0, 0.05) is 19.6 Å². The summed E-state index contributed by atoms with van der Waals surface area (Å²) in [5.41, 5.74) is 7.05. The number of ether oxygens (including phenoxy) is 2. The molecular formula is C19H33IN4O2. The van der Waals surface area contributed by atoms with Crippen molar-refractivity contribution >= 4 is 29.9 Å². The second-order valence-corrected chi connectivity index (χ2v) is 6.79. The van der Waals surface area contributed by atoms with Crippen molar-refractivity contribution in [2.75, 3.05) is 46.0 Å². The van der Waals surface area contributed by atoms with E-state index in [1.54, 1.807) is 0 Å². The number of hydrogen-bond acceptors (Lipinski definition) is 4. The second-order valence-electron chi connectivity index (χ2n) is 6.79. The van der Waals surface area contributed by atoms with Gasteiger partial charge in [0.15, 0.2) is 5.96 Å². The zero-order valence-corrected chi connectivity index (χ0v) is 18.3. The van der Waals surface area contributed by atoms with Gasteiger partial charge in [-0.25, -0.2) is 4.99 Å². The highest BCUT2D eigenvalue weighted by Gasteiger charge is 2.09. The number of halogens is 1. The largest absolute Gasteiger partial charge is 0.493 e. The molecule has 0 radical (unpaired) electrons. The van der Waals surface area contributed by atoms with Gasteiger partial charge in [0.05, 0.1) is 26.4 Å². The molecule has 3 N–H and O–H groups in total. The Morgan fingerprint density at radius 2 is 2.12 bits per heavy atom. The van der Waals surface area contributed by atoms with E-state index in [1.807, 2.05) is 24.3 Å². The lowest BCUT2D eigenvalue weighted by Gasteiger charge is -2.26. The SMILES string of the molecule is CC(C)COc1cccc(CN=C(N)NCCCN2CCOCC2)c1.I. The van der Waals surface area contributed by atoms with Crippen LogP contribution in [0.15, 0.2) is 29.3 Å². The summed E-state index contributed by atoms with van der Waals surface area (Å²) < 4.78 is 11.1. The van der Waals surface area contributed by atoms with E-state index in [9.17, 15) is 0 Å². The van der Waals surface area contributed by atoms with Gasteiger partial charge in [-0.05, 0) is 36.6 Å². The van der Waals surface area contributed by atoms with Crippen molar-refractivity contribution in [2.24, 2.45) is 16.6 Å². The van der Waals surface area contributed by atoms with Crippen LogP contribution in [0.2, 0.25) is 0 Å². The van der Waals surface area contributed by atoms with Crippen LogP contribution in [0.25, 0.3) is 0 Å². The van der Waals surface area contributed by atoms with Crippen molar-refractivity contribution in [3.63, 3.8) is 0 Å². The molecule has 1 aromatic carbocycles. The standard InChI is InChI=1S/C19H32N4O2.HI/c1-16(2)15-25-18-6-3-5-17(13-18)14-22-19(20)21-7-4-8-23-9-11-24-12-10-23;/h3,5-6,13,16H,4,7-12,14-15H2,1-2H3,(H3,20,21,22);1H. The molecule has 0 spiro atoms. The highest BCUT2D eigenvalue weighted by molar-refractivity contribution is 14.0. The zero-order chi connectivity index (χ0) is 17.9. The summed E-state index contributed by atoms with van der Waals surface area (Å²) in [7, 11) is 0. The number of benzene rings is 1. The summed E-state index contributed by atoms with van der Waals surface area (Å²) in [6.45, 7) is 11.2. The molecule has 6 nitrogen and oxygen atoms in total. The van der Waals surface area contributed by atoms with Gasteiger partial charge >= 0.3 is 0 Å². The highest BCUT2D eigenvalue weighted by atomic mass is 127. The molecule has 1 aromatic rings. The van der Waals surface area contributed by atoms with Crippen molar-refractivity contribution in [3.8, 4) is 5.75 Å². The van der Waals surface area contributed by atoms with Gasteiger partial charge in [0.1, 0.15) is 5.75 Å². The van der Waals surface area contributed by atoms with Crippen LogP contribution in [0.3, 0.4) is 0 Å². The van der Waals surface area contributed by atoms with Crippen LogP contribution in [0, 0.1) is 5.92 Å². The summed E-state index contributed by atoms with van der Waals surface area (Å²) in [6.07, 6.45) is 1.05. The first kappa shape index (κ1) is 23.0. The van der Waals surface area contributed by atoms with E-state index in [0.29, 0.717) is 18.4 Å². The average molecular weight is 476 g/mol. The van der Waals surface area contributed by atoms with Crippen molar-refractivity contribution in [3.05, 3.63) is 29.8 Å². The Balaban J connectivity index is 0.00000338. The van der Waals surface area contributed by atoms with E-state index in [1.165, 1.54) is 0 Å². The molecule has 0 aliphatic carbocycles. The first-order valence-electron chi connectivity index (χ1n) is 9.19. The van der Waals surface area contributed by atoms with Gasteiger partial charge in [0.2, 0.25) is 0 Å². The van der Waals surface area contributed by atoms with Gasteiger partial charge in [0.25, 0.3) is 0 Å². The molecule has 2 rings (SSSR count). The third-order valence-electron chi connectivity index (χ3n) is 3.97. The maximum atomic E-state index is 5.95. The monoisotopic (exact) mass is 476 g/mol. The van der Waals surface area contributed by atoms with E-state index < -0.39 is 0 Å². The Labute approximate surface area is 174 Å². The zero-order valence-electron chi connectivity index (χ0n) is 15.9. The molecule has 26 heavy (non-hydrogen) atoms. The fourth-order valence-corrected chi connectivity index (χ4v) is 2.57. The molecular weight excluding hydrogens is 443 g/mol. The van der Waals surface area contributed by atoms with Crippen molar-refractivity contribution in [1.29, 1.82) is 0 Å². The summed E-state index contributed by atoms with van der Waals surface area (Å²) in [5.74, 6) is 1.90. The molecule has 1 fully saturated rings. The number of guanidine groups is 1. The van der Waals surface area contributed by atoms with Crippen LogP contribution in [-0.2, 0) is 11.3 Å². The summed E-state index contributed by atoms with van der Waals surface area (Å²) >= 11 is 0. The van der Waals surface area contributed by atoms with Gasteiger partial charge < -0.3 is 20.5 Å². The van der Waals surface area contributed by atoms with Crippen molar-refractivity contribution in [2.45, 2.75) is 26.8 Å². The topological polar surface area (TPSA) is 72.1 Å². The molecule has 7 heteroatoms. The maximum absolute atomic E-state index is 5.95. The molecule has 0 aromatic heterocycles. The highest BCUT2D eigenvalue weighted by Crippen LogP contribution is 2.15. The van der Waals surface area contributed by atoms with Crippen LogP contribution >= 0.6 is 24.0 Å². The predicted molar refractivity (Wildman–Crippen MR) is 117 cm³/mol. The number of nitrogens with one attached hydrogen (secondary N) is 1. The molecule has 1 aliphatic rings. The van der Waals surface area contributed by atoms with Gasteiger partial charge in [-0.15, -0.1) is 24.0 Å². The quantitative estimate of drug-likeness (QED) is 0.248. The molecule has 0 amide bonds. The fraction of sp³-hybridized carbons (Fsp3) is 0.632. The number of morpholine rings is 1. The number of nitrogens with zero attached hydrogens (tertiary/aromatic N) is 2. The Morgan fingerprint density at radius 3 is 2.85 bits per heavy atom. The molecule has 1 heterocycles. The maximum Gasteiger partial charge on any atom is 0.188 e. The lowest BCUT2D eigenvalue weighted by molar-refractivity contribution is 0.0376. The Bertz CT molecular complexity index is 534. The Hall–Kier alpha value is -1.06. The van der Waals surface area contributed by atoms with Gasteiger partial charge in [-0.2, -0.15) is 0 Å². The second kappa shape index (κ2) is 13.2. The minimum atomic E-state index is 0. The number of nitrogens with two attached hydrogens (primary N) is 1. The normalized spacial score (nSPS) is 15.6. The third kappa shape index (κ3) is 9.59. The first-order valence-corrected chi connectivity index (χ1v) is 9.19. The average Bonchev–Trinajstić information content (AvgIpc) is 2.63. The van der Waals surface area contributed by atoms with Crippen LogP contribution in [0.5, 0.6) is 5.75 Å². The minimum Gasteiger partial charge on any atom is -0.493 e. The van der Waals surface area contributed by atoms with Crippen LogP contribution < -0.4 is 15.8 Å². The van der Waals surface area contributed by atoms with E-state index in [0.717, 1.165) is 63.7 Å². The number of hydrogen-bond donors (Lipinski definition) is 2. The van der Waals surface area contributed by atoms with Crippen LogP contribution in [0.4, 0.5) is 0 Å². The van der Waals surface area contributed by atoms with Gasteiger partial charge in [-0.3, -0.25) is 4.90 Å². The molecule has 0 saturated carbocycles. The summed E-state index contributed by atoms with van der Waals surface area (Å²) in [6, 6.07) is 8.03. The molecule has 1 saturated heterocycles. The van der Waals surface area contributed by atoms with E-state index in [2.05, 4.69) is 29.1 Å². The lowest BCUT2D eigenvalue weighted by atomic mass is 10.2.